The van der Waals surface area contributed by atoms with Crippen LogP contribution in [-0.2, 0) is 29.7 Å². The zero-order chi connectivity index (χ0) is 31.0. The van der Waals surface area contributed by atoms with Crippen molar-refractivity contribution in [3.8, 4) is 28.1 Å². The topological polar surface area (TPSA) is 108 Å². The first kappa shape index (κ1) is 32.1. The number of carbonyl (C=O) groups excluding carboxylic acids is 1. The Morgan fingerprint density at radius 2 is 1.74 bits per heavy atom. The molecule has 1 amide bonds. The fourth-order valence-electron chi connectivity index (χ4n) is 4.40. The maximum Gasteiger partial charge on any atom is 0.476 e. The summed E-state index contributed by atoms with van der Waals surface area (Å²) in [5.41, 5.74) is 4.83. The minimum atomic E-state index is -3.75. The van der Waals surface area contributed by atoms with E-state index in [0.717, 1.165) is 33.3 Å². The first-order chi connectivity index (χ1) is 20.7. The normalized spacial score (nSPS) is 12.0. The summed E-state index contributed by atoms with van der Waals surface area (Å²) in [4.78, 5) is 25.4. The number of ether oxygens (including phenoxy) is 1. The number of benzene rings is 1. The minimum absolute atomic E-state index is 0.105. The maximum atomic E-state index is 13.0. The van der Waals surface area contributed by atoms with Crippen molar-refractivity contribution in [3.05, 3.63) is 73.2 Å². The number of carbonyl (C=O) groups is 1. The molecule has 0 saturated carbocycles. The van der Waals surface area contributed by atoms with Crippen molar-refractivity contribution in [2.24, 2.45) is 0 Å². The molecule has 228 valence electrons. The van der Waals surface area contributed by atoms with Crippen LogP contribution in [0.3, 0.4) is 0 Å². The Balaban J connectivity index is 1.73. The van der Waals surface area contributed by atoms with E-state index >= 15 is 0 Å². The molecule has 4 rings (SSSR count). The Bertz CT molecular complexity index is 1630. The summed E-state index contributed by atoms with van der Waals surface area (Å²) in [6.07, 6.45) is 8.73. The van der Waals surface area contributed by atoms with E-state index in [9.17, 15) is 9.36 Å². The first-order valence-corrected chi connectivity index (χ1v) is 15.4. The molecule has 3 heterocycles. The van der Waals surface area contributed by atoms with Gasteiger partial charge in [-0.05, 0) is 63.3 Å². The third kappa shape index (κ3) is 7.95. The Labute approximate surface area is 252 Å². The van der Waals surface area contributed by atoms with E-state index in [1.54, 1.807) is 55.9 Å². The highest BCUT2D eigenvalue weighted by molar-refractivity contribution is 7.48. The molecule has 0 spiro atoms. The molecule has 0 N–H and O–H groups in total. The maximum absolute atomic E-state index is 13.0. The van der Waals surface area contributed by atoms with Crippen LogP contribution in [0.25, 0.3) is 33.3 Å². The molecule has 0 radical (unpaired) electrons. The van der Waals surface area contributed by atoms with Gasteiger partial charge in [0.1, 0.15) is 12.4 Å². The van der Waals surface area contributed by atoms with E-state index in [-0.39, 0.29) is 25.9 Å². The summed E-state index contributed by atoms with van der Waals surface area (Å²) in [6.45, 7) is 4.38. The molecule has 12 heteroatoms. The smallest absolute Gasteiger partial charge is 0.476 e. The lowest BCUT2D eigenvalue weighted by atomic mass is 10.0. The van der Waals surface area contributed by atoms with Crippen LogP contribution in [0.1, 0.15) is 13.8 Å². The highest BCUT2D eigenvalue weighted by Gasteiger charge is 2.26. The molecule has 0 aliphatic carbocycles. The lowest BCUT2D eigenvalue weighted by Crippen LogP contribution is -2.24. The van der Waals surface area contributed by atoms with E-state index in [1.165, 1.54) is 0 Å². The molecule has 0 bridgehead atoms. The first-order valence-electron chi connectivity index (χ1n) is 13.9. The van der Waals surface area contributed by atoms with Gasteiger partial charge in [-0.3, -0.25) is 18.4 Å². The quantitative estimate of drug-likeness (QED) is 0.126. The van der Waals surface area contributed by atoms with Gasteiger partial charge >= 0.3 is 7.82 Å². The van der Waals surface area contributed by atoms with E-state index in [2.05, 4.69) is 4.98 Å². The van der Waals surface area contributed by atoms with Crippen molar-refractivity contribution in [2.45, 2.75) is 20.6 Å². The molecule has 0 fully saturated rings. The predicted molar refractivity (Wildman–Crippen MR) is 168 cm³/mol. The average molecular weight is 608 g/mol. The van der Waals surface area contributed by atoms with Crippen LogP contribution in [0.4, 0.5) is 5.69 Å². The number of anilines is 1. The number of phosphoric acid groups is 1. The molecule has 1 aromatic carbocycles. The van der Waals surface area contributed by atoms with E-state index in [0.29, 0.717) is 18.1 Å². The average Bonchev–Trinajstić information content (AvgIpc) is 3.38. The lowest BCUT2D eigenvalue weighted by molar-refractivity contribution is -0.113. The SMILES string of the molecule is CCOP(=O)(OCC)OCn1cc(-c2ccnc(OC)c2)c2cc(-c3cccc(N(C)C(=O)/C=C/CN(C)C)c3)cnc21. The van der Waals surface area contributed by atoms with Gasteiger partial charge in [0.15, 0.2) is 0 Å². The number of hydrogen-bond acceptors (Lipinski definition) is 9. The second-order valence-electron chi connectivity index (χ2n) is 9.85. The van der Waals surface area contributed by atoms with Gasteiger partial charge in [-0.1, -0.05) is 18.2 Å². The fraction of sp³-hybridized carbons (Fsp3) is 0.323. The highest BCUT2D eigenvalue weighted by Crippen LogP contribution is 2.49. The molecular formula is C31H38N5O6P. The number of fused-ring (bicyclic) bond motifs is 1. The number of aromatic nitrogens is 3. The number of pyridine rings is 2. The zero-order valence-electron chi connectivity index (χ0n) is 25.4. The number of likely N-dealkylation sites (N-methyl/N-ethyl adjacent to an activating group) is 2. The number of phosphoric ester groups is 1. The third-order valence-corrected chi connectivity index (χ3v) is 8.11. The van der Waals surface area contributed by atoms with E-state index in [4.69, 9.17) is 23.3 Å². The predicted octanol–water partition coefficient (Wildman–Crippen LogP) is 6.01. The number of rotatable bonds is 14. The minimum Gasteiger partial charge on any atom is -0.481 e. The molecular weight excluding hydrogens is 569 g/mol. The van der Waals surface area contributed by atoms with Crippen molar-refractivity contribution in [2.75, 3.05) is 52.9 Å². The molecule has 3 aromatic heterocycles. The molecule has 0 saturated heterocycles. The second kappa shape index (κ2) is 14.5. The number of amides is 1. The van der Waals surface area contributed by atoms with Gasteiger partial charge in [0, 0.05) is 66.5 Å². The third-order valence-electron chi connectivity index (χ3n) is 6.53. The van der Waals surface area contributed by atoms with Gasteiger partial charge in [0.05, 0.1) is 20.3 Å². The van der Waals surface area contributed by atoms with Gasteiger partial charge < -0.3 is 19.1 Å². The molecule has 11 nitrogen and oxygen atoms in total. The van der Waals surface area contributed by atoms with Crippen molar-refractivity contribution >= 4 is 30.5 Å². The van der Waals surface area contributed by atoms with Gasteiger partial charge in [0.25, 0.3) is 0 Å². The standard InChI is InChI=1S/C31H38N5O6P/c1-7-40-43(38,41-8-2)42-22-36-21-28(24-14-15-32-29(19-24)39-6)27-18-25(20-33-31(27)36)23-11-9-12-26(17-23)35(5)30(37)13-10-16-34(3)4/h9-15,17-21H,7-8,16,22H2,1-6H3/b13-10+. The Kier molecular flexibility index (Phi) is 10.8. The van der Waals surface area contributed by atoms with Crippen LogP contribution in [0, 0.1) is 0 Å². The van der Waals surface area contributed by atoms with E-state index in [1.807, 2.05) is 73.7 Å². The molecule has 4 aromatic rings. The number of nitrogens with zero attached hydrogens (tertiary/aromatic N) is 5. The lowest BCUT2D eigenvalue weighted by Gasteiger charge is -2.17. The second-order valence-corrected chi connectivity index (χ2v) is 11.5. The number of methoxy groups -OCH3 is 1. The number of hydrogen-bond donors (Lipinski definition) is 0. The highest BCUT2D eigenvalue weighted by atomic mass is 31.2. The Hall–Kier alpha value is -3.86. The molecule has 0 aliphatic rings. The Morgan fingerprint density at radius 3 is 2.44 bits per heavy atom. The van der Waals surface area contributed by atoms with Crippen LogP contribution in [0.15, 0.2) is 73.2 Å². The van der Waals surface area contributed by atoms with Crippen molar-refractivity contribution in [1.82, 2.24) is 19.4 Å². The van der Waals surface area contributed by atoms with Gasteiger partial charge in [-0.25, -0.2) is 14.5 Å². The van der Waals surface area contributed by atoms with Gasteiger partial charge in [0.2, 0.25) is 11.8 Å². The summed E-state index contributed by atoms with van der Waals surface area (Å²) in [5, 5.41) is 0.832. The zero-order valence-corrected chi connectivity index (χ0v) is 26.3. The molecule has 0 unspecified atom stereocenters. The van der Waals surface area contributed by atoms with E-state index < -0.39 is 7.82 Å². The Morgan fingerprint density at radius 1 is 0.977 bits per heavy atom. The van der Waals surface area contributed by atoms with Crippen molar-refractivity contribution in [3.63, 3.8) is 0 Å². The van der Waals surface area contributed by atoms with Crippen molar-refractivity contribution in [1.29, 1.82) is 0 Å². The van der Waals surface area contributed by atoms with Crippen LogP contribution in [0.5, 0.6) is 5.88 Å². The summed E-state index contributed by atoms with van der Waals surface area (Å²) >= 11 is 0. The summed E-state index contributed by atoms with van der Waals surface area (Å²) in [5.74, 6) is 0.353. The van der Waals surface area contributed by atoms with Crippen LogP contribution >= 0.6 is 7.82 Å². The largest absolute Gasteiger partial charge is 0.481 e. The van der Waals surface area contributed by atoms with Crippen LogP contribution < -0.4 is 9.64 Å². The van der Waals surface area contributed by atoms with Crippen LogP contribution in [-0.4, -0.2) is 73.4 Å². The summed E-state index contributed by atoms with van der Waals surface area (Å²) in [6, 6.07) is 13.5. The van der Waals surface area contributed by atoms with Gasteiger partial charge in [-0.15, -0.1) is 0 Å². The molecule has 0 atom stereocenters. The molecule has 43 heavy (non-hydrogen) atoms. The summed E-state index contributed by atoms with van der Waals surface area (Å²) < 4.78 is 36.4. The van der Waals surface area contributed by atoms with Crippen molar-refractivity contribution < 1.29 is 27.7 Å². The van der Waals surface area contributed by atoms with Gasteiger partial charge in [-0.2, -0.15) is 0 Å². The fourth-order valence-corrected chi connectivity index (χ4v) is 5.53. The summed E-state index contributed by atoms with van der Waals surface area (Å²) in [7, 11) is 3.46. The molecule has 0 aliphatic heterocycles. The van der Waals surface area contributed by atoms with Crippen LogP contribution in [0.2, 0.25) is 0 Å². The monoisotopic (exact) mass is 607 g/mol.